The number of rotatable bonds is 5. The summed E-state index contributed by atoms with van der Waals surface area (Å²) in [5.41, 5.74) is 1.40. The van der Waals surface area contributed by atoms with Crippen LogP contribution in [-0.2, 0) is 11.2 Å². The molecule has 0 bridgehead atoms. The predicted molar refractivity (Wildman–Crippen MR) is 118 cm³/mol. The molecule has 0 unspecified atom stereocenters. The first-order valence-corrected chi connectivity index (χ1v) is 10.6. The third-order valence-electron chi connectivity index (χ3n) is 4.78. The number of para-hydroxylation sites is 1. The van der Waals surface area contributed by atoms with Crippen LogP contribution in [0.1, 0.15) is 15.4 Å². The molecular formula is C23H18N2O5S. The van der Waals surface area contributed by atoms with Crippen LogP contribution in [0.3, 0.4) is 0 Å². The molecule has 31 heavy (non-hydrogen) atoms. The Hall–Kier alpha value is -3.78. The number of hydrogen-bond acceptors (Lipinski definition) is 6. The molecule has 5 rings (SSSR count). The number of amides is 2. The Balaban J connectivity index is 1.42. The lowest BCUT2D eigenvalue weighted by Gasteiger charge is -2.18. The van der Waals surface area contributed by atoms with Crippen molar-refractivity contribution >= 4 is 45.5 Å². The van der Waals surface area contributed by atoms with Crippen molar-refractivity contribution in [2.75, 3.05) is 23.8 Å². The average molecular weight is 434 g/mol. The van der Waals surface area contributed by atoms with E-state index >= 15 is 0 Å². The molecule has 0 spiro atoms. The van der Waals surface area contributed by atoms with Crippen molar-refractivity contribution in [3.8, 4) is 11.5 Å². The van der Waals surface area contributed by atoms with Gasteiger partial charge in [-0.1, -0.05) is 18.2 Å². The van der Waals surface area contributed by atoms with E-state index in [-0.39, 0.29) is 18.1 Å². The summed E-state index contributed by atoms with van der Waals surface area (Å²) in [6, 6.07) is 16.2. The predicted octanol–water partition coefficient (Wildman–Crippen LogP) is 4.70. The van der Waals surface area contributed by atoms with Crippen molar-refractivity contribution in [3.63, 3.8) is 0 Å². The molecule has 0 saturated carbocycles. The van der Waals surface area contributed by atoms with Crippen LogP contribution in [0.25, 0.3) is 11.0 Å². The van der Waals surface area contributed by atoms with Gasteiger partial charge in [0.2, 0.25) is 11.7 Å². The van der Waals surface area contributed by atoms with Gasteiger partial charge in [-0.05, 0) is 35.7 Å². The number of thiophene rings is 1. The third-order valence-corrected chi connectivity index (χ3v) is 5.66. The number of ether oxygens (including phenoxy) is 2. The molecule has 0 atom stereocenters. The van der Waals surface area contributed by atoms with E-state index in [2.05, 4.69) is 10.6 Å². The zero-order valence-electron chi connectivity index (χ0n) is 16.3. The minimum absolute atomic E-state index is 0.0376. The minimum atomic E-state index is -0.473. The second-order valence-electron chi connectivity index (χ2n) is 6.92. The summed E-state index contributed by atoms with van der Waals surface area (Å²) in [6.07, 6.45) is 0.223. The molecule has 4 aromatic rings. The van der Waals surface area contributed by atoms with Crippen molar-refractivity contribution in [2.45, 2.75) is 6.42 Å². The zero-order chi connectivity index (χ0) is 21.2. The first-order valence-electron chi connectivity index (χ1n) is 9.72. The Morgan fingerprint density at radius 1 is 0.935 bits per heavy atom. The molecule has 0 radical (unpaired) electrons. The third kappa shape index (κ3) is 3.97. The van der Waals surface area contributed by atoms with Crippen LogP contribution in [0.4, 0.5) is 11.4 Å². The van der Waals surface area contributed by atoms with Crippen molar-refractivity contribution in [2.24, 2.45) is 0 Å². The van der Waals surface area contributed by atoms with Gasteiger partial charge in [-0.15, -0.1) is 11.3 Å². The lowest BCUT2D eigenvalue weighted by atomic mass is 10.2. The zero-order valence-corrected chi connectivity index (χ0v) is 17.2. The monoisotopic (exact) mass is 434 g/mol. The highest BCUT2D eigenvalue weighted by Crippen LogP contribution is 2.34. The number of carbonyl (C=O) groups is 2. The molecule has 2 amide bonds. The molecule has 2 aromatic carbocycles. The molecule has 1 aliphatic rings. The second-order valence-corrected chi connectivity index (χ2v) is 7.95. The summed E-state index contributed by atoms with van der Waals surface area (Å²) < 4.78 is 16.9. The smallest absolute Gasteiger partial charge is 0.293 e. The molecule has 156 valence electrons. The quantitative estimate of drug-likeness (QED) is 0.475. The van der Waals surface area contributed by atoms with E-state index in [4.69, 9.17) is 13.9 Å². The van der Waals surface area contributed by atoms with Crippen LogP contribution >= 0.6 is 11.3 Å². The van der Waals surface area contributed by atoms with Gasteiger partial charge in [0.15, 0.2) is 11.5 Å². The summed E-state index contributed by atoms with van der Waals surface area (Å²) in [5.74, 6) is 0.546. The highest BCUT2D eigenvalue weighted by atomic mass is 32.1. The van der Waals surface area contributed by atoms with Crippen LogP contribution < -0.4 is 20.1 Å². The van der Waals surface area contributed by atoms with Gasteiger partial charge in [-0.3, -0.25) is 9.59 Å². The maximum atomic E-state index is 13.0. The lowest BCUT2D eigenvalue weighted by Crippen LogP contribution is -2.18. The van der Waals surface area contributed by atoms with Gasteiger partial charge in [-0.25, -0.2) is 0 Å². The fourth-order valence-electron chi connectivity index (χ4n) is 3.39. The number of nitrogens with one attached hydrogen (secondary N) is 2. The number of carbonyl (C=O) groups excluding carboxylic acids is 2. The number of anilines is 2. The topological polar surface area (TPSA) is 89.8 Å². The molecule has 3 heterocycles. The minimum Gasteiger partial charge on any atom is -0.486 e. The number of fused-ring (bicyclic) bond motifs is 2. The fraction of sp³-hybridized carbons (Fsp3) is 0.130. The molecule has 2 aromatic heterocycles. The van der Waals surface area contributed by atoms with Gasteiger partial charge in [-0.2, -0.15) is 0 Å². The van der Waals surface area contributed by atoms with E-state index in [1.807, 2.05) is 29.6 Å². The number of furan rings is 1. The Bertz CT molecular complexity index is 1260. The Labute approximate surface area is 181 Å². The van der Waals surface area contributed by atoms with Crippen LogP contribution in [0, 0.1) is 0 Å². The van der Waals surface area contributed by atoms with Gasteiger partial charge >= 0.3 is 0 Å². The highest BCUT2D eigenvalue weighted by Gasteiger charge is 2.23. The van der Waals surface area contributed by atoms with Crippen LogP contribution in [0.2, 0.25) is 0 Å². The summed E-state index contributed by atoms with van der Waals surface area (Å²) in [6.45, 7) is 0.945. The molecule has 2 N–H and O–H groups in total. The van der Waals surface area contributed by atoms with E-state index < -0.39 is 5.91 Å². The summed E-state index contributed by atoms with van der Waals surface area (Å²) in [7, 11) is 0. The van der Waals surface area contributed by atoms with Crippen molar-refractivity contribution < 1.29 is 23.5 Å². The Kier molecular flexibility index (Phi) is 5.05. The van der Waals surface area contributed by atoms with Crippen LogP contribution in [-0.4, -0.2) is 25.0 Å². The van der Waals surface area contributed by atoms with E-state index in [1.54, 1.807) is 30.3 Å². The molecule has 8 heteroatoms. The Morgan fingerprint density at radius 2 is 1.77 bits per heavy atom. The van der Waals surface area contributed by atoms with E-state index in [9.17, 15) is 9.59 Å². The highest BCUT2D eigenvalue weighted by molar-refractivity contribution is 7.10. The van der Waals surface area contributed by atoms with Crippen molar-refractivity contribution in [1.82, 2.24) is 0 Å². The van der Waals surface area contributed by atoms with Gasteiger partial charge < -0.3 is 24.5 Å². The van der Waals surface area contributed by atoms with E-state index in [0.717, 1.165) is 4.88 Å². The molecular weight excluding hydrogens is 416 g/mol. The molecule has 0 saturated heterocycles. The maximum Gasteiger partial charge on any atom is 0.293 e. The van der Waals surface area contributed by atoms with Crippen molar-refractivity contribution in [3.05, 3.63) is 70.6 Å². The van der Waals surface area contributed by atoms with Gasteiger partial charge in [0.05, 0.1) is 6.42 Å². The standard InChI is InChI=1S/C23H18N2O5S/c26-20(13-15-4-3-11-31-15)25-21-16-5-1-2-6-17(16)30-22(21)23(27)24-14-7-8-18-19(12-14)29-10-9-28-18/h1-8,11-12H,9-10,13H2,(H,24,27)(H,25,26). The van der Waals surface area contributed by atoms with Crippen LogP contribution in [0.5, 0.6) is 11.5 Å². The largest absolute Gasteiger partial charge is 0.486 e. The molecule has 0 fully saturated rings. The van der Waals surface area contributed by atoms with Crippen LogP contribution in [0.15, 0.2) is 64.4 Å². The molecule has 0 aliphatic carbocycles. The maximum absolute atomic E-state index is 13.0. The number of hydrogen-bond donors (Lipinski definition) is 2. The molecule has 1 aliphatic heterocycles. The number of benzene rings is 2. The fourth-order valence-corrected chi connectivity index (χ4v) is 4.10. The lowest BCUT2D eigenvalue weighted by molar-refractivity contribution is -0.115. The second kappa shape index (κ2) is 8.16. The average Bonchev–Trinajstić information content (AvgIpc) is 3.42. The summed E-state index contributed by atoms with van der Waals surface area (Å²) in [4.78, 5) is 26.6. The summed E-state index contributed by atoms with van der Waals surface area (Å²) >= 11 is 1.51. The SMILES string of the molecule is O=C(Cc1cccs1)Nc1c(C(=O)Nc2ccc3c(c2)OCCO3)oc2ccccc12. The normalized spacial score (nSPS) is 12.5. The first kappa shape index (κ1) is 19.2. The van der Waals surface area contributed by atoms with Gasteiger partial charge in [0.1, 0.15) is 24.5 Å². The first-order chi connectivity index (χ1) is 15.2. The summed E-state index contributed by atoms with van der Waals surface area (Å²) in [5, 5.41) is 8.25. The molecule has 7 nitrogen and oxygen atoms in total. The van der Waals surface area contributed by atoms with E-state index in [0.29, 0.717) is 47.1 Å². The van der Waals surface area contributed by atoms with Crippen molar-refractivity contribution in [1.29, 1.82) is 0 Å². The van der Waals surface area contributed by atoms with Gasteiger partial charge in [0.25, 0.3) is 5.91 Å². The van der Waals surface area contributed by atoms with E-state index in [1.165, 1.54) is 11.3 Å². The Morgan fingerprint density at radius 3 is 2.61 bits per heavy atom. The van der Waals surface area contributed by atoms with Gasteiger partial charge in [0, 0.05) is 22.0 Å².